The fraction of sp³-hybridized carbons (Fsp3) is 0.400. The van der Waals surface area contributed by atoms with Gasteiger partial charge in [-0.15, -0.1) is 0 Å². The zero-order valence-electron chi connectivity index (χ0n) is 17.0. The number of rotatable bonds is 6. The number of fused-ring (bicyclic) bond motifs is 1. The minimum Gasteiger partial charge on any atom is -0.358 e. The van der Waals surface area contributed by atoms with Crippen LogP contribution in [0.2, 0.25) is 0 Å². The number of carbonyl (C=O) groups is 1. The highest BCUT2D eigenvalue weighted by Gasteiger charge is 2.34. The van der Waals surface area contributed by atoms with E-state index in [0.717, 1.165) is 10.9 Å². The first kappa shape index (κ1) is 19.7. The van der Waals surface area contributed by atoms with E-state index in [2.05, 4.69) is 40.2 Å². The van der Waals surface area contributed by atoms with Crippen molar-refractivity contribution in [2.24, 2.45) is 5.92 Å². The van der Waals surface area contributed by atoms with E-state index in [0.29, 0.717) is 30.6 Å². The summed E-state index contributed by atoms with van der Waals surface area (Å²) in [6, 6.07) is 18.7. The van der Waals surface area contributed by atoms with Crippen LogP contribution in [0.4, 0.5) is 0 Å². The minimum atomic E-state index is -0.346. The summed E-state index contributed by atoms with van der Waals surface area (Å²) in [7, 11) is 0. The number of halogens is 1. The summed E-state index contributed by atoms with van der Waals surface area (Å²) < 4.78 is 7.44. The first-order valence-electron chi connectivity index (χ1n) is 10.9. The Balaban J connectivity index is 1.39. The molecule has 156 valence electrons. The molecule has 2 aliphatic rings. The number of para-hydroxylation sites is 1. The Hall–Kier alpha value is -2.30. The van der Waals surface area contributed by atoms with Gasteiger partial charge in [0.2, 0.25) is 0 Å². The average molecular weight is 423 g/mol. The second kappa shape index (κ2) is 8.44. The van der Waals surface area contributed by atoms with Crippen molar-refractivity contribution in [3.05, 3.63) is 71.9 Å². The number of hydrogen-bond donors (Lipinski definition) is 1. The van der Waals surface area contributed by atoms with Gasteiger partial charge in [0.05, 0.1) is 18.2 Å². The van der Waals surface area contributed by atoms with E-state index in [1.807, 2.05) is 30.5 Å². The lowest BCUT2D eigenvalue weighted by Gasteiger charge is -2.33. The molecule has 1 saturated heterocycles. The number of carbonyl (C=O) groups excluding carboxylic acids is 1. The molecule has 3 unspecified atom stereocenters. The van der Waals surface area contributed by atoms with Gasteiger partial charge in [0.25, 0.3) is 5.91 Å². The summed E-state index contributed by atoms with van der Waals surface area (Å²) in [6.07, 6.45) is 7.01. The monoisotopic (exact) mass is 422 g/mol. The molecule has 0 radical (unpaired) electrons. The Morgan fingerprint density at radius 3 is 2.53 bits per heavy atom. The van der Waals surface area contributed by atoms with Crippen molar-refractivity contribution in [3.8, 4) is 0 Å². The molecule has 3 aromatic rings. The van der Waals surface area contributed by atoms with E-state index in [1.54, 1.807) is 0 Å². The van der Waals surface area contributed by atoms with Crippen molar-refractivity contribution in [1.82, 2.24) is 9.88 Å². The van der Waals surface area contributed by atoms with Crippen LogP contribution in [0.5, 0.6) is 0 Å². The molecule has 2 heterocycles. The predicted octanol–water partition coefficient (Wildman–Crippen LogP) is 5.48. The zero-order valence-corrected chi connectivity index (χ0v) is 17.7. The highest BCUT2D eigenvalue weighted by atomic mass is 35.5. The van der Waals surface area contributed by atoms with Crippen LogP contribution in [0.15, 0.2) is 60.8 Å². The maximum Gasteiger partial charge on any atom is 0.253 e. The van der Waals surface area contributed by atoms with Crippen molar-refractivity contribution in [3.63, 3.8) is 0 Å². The first-order valence-corrected chi connectivity index (χ1v) is 11.3. The highest BCUT2D eigenvalue weighted by molar-refractivity contribution is 6.20. The average Bonchev–Trinajstić information content (AvgIpc) is 3.43. The third-order valence-electron chi connectivity index (χ3n) is 6.75. The maximum atomic E-state index is 13.2. The van der Waals surface area contributed by atoms with Gasteiger partial charge in [0.15, 0.2) is 5.56 Å². The third kappa shape index (κ3) is 3.63. The van der Waals surface area contributed by atoms with E-state index in [-0.39, 0.29) is 17.5 Å². The van der Waals surface area contributed by atoms with Crippen molar-refractivity contribution >= 4 is 28.4 Å². The van der Waals surface area contributed by atoms with Gasteiger partial charge in [-0.25, -0.2) is 0 Å². The number of amides is 1. The number of alkyl halides is 1. The van der Waals surface area contributed by atoms with Gasteiger partial charge in [-0.2, -0.15) is 0 Å². The van der Waals surface area contributed by atoms with Crippen LogP contribution in [0.3, 0.4) is 0 Å². The summed E-state index contributed by atoms with van der Waals surface area (Å²) in [6.45, 7) is 1.24. The second-order valence-corrected chi connectivity index (χ2v) is 8.92. The smallest absolute Gasteiger partial charge is 0.253 e. The third-order valence-corrected chi connectivity index (χ3v) is 7.17. The molecule has 4 nitrogen and oxygen atoms in total. The Labute approximate surface area is 182 Å². The number of ether oxygens (including phenoxy) is 1. The summed E-state index contributed by atoms with van der Waals surface area (Å²) in [5.41, 5.74) is 2.71. The molecule has 30 heavy (non-hydrogen) atoms. The molecular formula is C25H27ClN2O2. The van der Waals surface area contributed by atoms with Crippen LogP contribution >= 0.6 is 11.6 Å². The van der Waals surface area contributed by atoms with Crippen molar-refractivity contribution in [1.29, 1.82) is 0 Å². The van der Waals surface area contributed by atoms with Crippen LogP contribution < -0.4 is 5.32 Å². The summed E-state index contributed by atoms with van der Waals surface area (Å²) in [5.74, 6) is 0.978. The van der Waals surface area contributed by atoms with Crippen LogP contribution in [0.1, 0.15) is 53.6 Å². The number of aromatic nitrogens is 1. The van der Waals surface area contributed by atoms with Crippen LogP contribution in [-0.4, -0.2) is 29.2 Å². The molecule has 1 aromatic heterocycles. The van der Waals surface area contributed by atoms with Crippen molar-refractivity contribution in [2.45, 2.75) is 43.2 Å². The normalized spacial score (nSPS) is 22.7. The Morgan fingerprint density at radius 1 is 1.10 bits per heavy atom. The Kier molecular flexibility index (Phi) is 5.53. The molecule has 5 rings (SSSR count). The number of benzene rings is 2. The quantitative estimate of drug-likeness (QED) is 0.534. The van der Waals surface area contributed by atoms with Gasteiger partial charge in [-0.1, -0.05) is 73.0 Å². The summed E-state index contributed by atoms with van der Waals surface area (Å²) in [5, 5.41) is 4.21. The largest absolute Gasteiger partial charge is 0.358 e. The summed E-state index contributed by atoms with van der Waals surface area (Å²) >= 11 is 6.24. The maximum absolute atomic E-state index is 13.2. The lowest BCUT2D eigenvalue weighted by atomic mass is 9.84. The molecule has 0 spiro atoms. The Morgan fingerprint density at radius 2 is 1.83 bits per heavy atom. The molecule has 5 heteroatoms. The number of nitrogens with one attached hydrogen (secondary N) is 1. The van der Waals surface area contributed by atoms with E-state index in [1.165, 1.54) is 31.2 Å². The molecule has 3 atom stereocenters. The van der Waals surface area contributed by atoms with Gasteiger partial charge in [0, 0.05) is 29.6 Å². The lowest BCUT2D eigenvalue weighted by Crippen LogP contribution is -2.37. The lowest BCUT2D eigenvalue weighted by molar-refractivity contribution is -0.0523. The van der Waals surface area contributed by atoms with Gasteiger partial charge in [-0.05, 0) is 30.4 Å². The molecule has 2 fully saturated rings. The number of nitrogens with zero attached hydrogens (tertiary/aromatic N) is 1. The topological polar surface area (TPSA) is 43.3 Å². The van der Waals surface area contributed by atoms with Gasteiger partial charge in [-0.3, -0.25) is 4.79 Å². The molecule has 1 saturated carbocycles. The first-order chi connectivity index (χ1) is 14.7. The fourth-order valence-corrected chi connectivity index (χ4v) is 5.30. The van der Waals surface area contributed by atoms with Gasteiger partial charge < -0.3 is 14.6 Å². The zero-order chi connectivity index (χ0) is 20.5. The molecular weight excluding hydrogens is 396 g/mol. The van der Waals surface area contributed by atoms with Crippen molar-refractivity contribution in [2.75, 3.05) is 13.2 Å². The molecule has 2 aromatic carbocycles. The molecule has 1 N–H and O–H groups in total. The standard InChI is InChI=1S/C25H27ClN2O2/c26-24-23(16-30-24)28-15-21(19-12-6-7-13-22(19)28)25(29)27-14-20(18-10-4-5-11-18)17-8-2-1-3-9-17/h1-3,6-9,12-13,15,18,20,23-24H,4-5,10-11,14,16H2,(H,27,29). The van der Waals surface area contributed by atoms with Gasteiger partial charge >= 0.3 is 0 Å². The fourth-order valence-electron chi connectivity index (χ4n) is 5.04. The van der Waals surface area contributed by atoms with E-state index >= 15 is 0 Å². The van der Waals surface area contributed by atoms with E-state index in [9.17, 15) is 4.79 Å². The predicted molar refractivity (Wildman–Crippen MR) is 120 cm³/mol. The second-order valence-electron chi connectivity index (χ2n) is 8.49. The van der Waals surface area contributed by atoms with Gasteiger partial charge in [0.1, 0.15) is 0 Å². The van der Waals surface area contributed by atoms with E-state index in [4.69, 9.17) is 16.3 Å². The highest BCUT2D eigenvalue weighted by Crippen LogP contribution is 2.37. The van der Waals surface area contributed by atoms with Crippen LogP contribution in [-0.2, 0) is 4.74 Å². The minimum absolute atomic E-state index is 0.0183. The molecule has 0 bridgehead atoms. The van der Waals surface area contributed by atoms with Crippen LogP contribution in [0.25, 0.3) is 10.9 Å². The molecule has 1 amide bonds. The van der Waals surface area contributed by atoms with Crippen LogP contribution in [0, 0.1) is 5.92 Å². The SMILES string of the molecule is O=C(NCC(c1ccccc1)C1CCCC1)c1cn(C2COC2Cl)c2ccccc12. The molecule has 1 aliphatic carbocycles. The van der Waals surface area contributed by atoms with E-state index < -0.39 is 0 Å². The molecule has 1 aliphatic heterocycles. The van der Waals surface area contributed by atoms with Crippen molar-refractivity contribution < 1.29 is 9.53 Å². The summed E-state index contributed by atoms with van der Waals surface area (Å²) in [4.78, 5) is 13.2. The number of hydrogen-bond acceptors (Lipinski definition) is 2. The Bertz CT molecular complexity index is 1030.